The van der Waals surface area contributed by atoms with Crippen LogP contribution in [0.3, 0.4) is 0 Å². The van der Waals surface area contributed by atoms with E-state index in [1.807, 2.05) is 12.1 Å². The number of hydrogen-bond acceptors (Lipinski definition) is 5. The summed E-state index contributed by atoms with van der Waals surface area (Å²) in [6.45, 7) is 0.921. The van der Waals surface area contributed by atoms with Crippen LogP contribution in [0.2, 0.25) is 0 Å². The van der Waals surface area contributed by atoms with Gasteiger partial charge in [0.15, 0.2) is 0 Å². The summed E-state index contributed by atoms with van der Waals surface area (Å²) in [5.74, 6) is 0. The number of nitrogens with one attached hydrogen (secondary N) is 1. The van der Waals surface area contributed by atoms with Gasteiger partial charge in [0.2, 0.25) is 0 Å². The first-order chi connectivity index (χ1) is 9.22. The molecule has 0 saturated heterocycles. The fraction of sp³-hybridized carbons (Fsp3) is 0.250. The quantitative estimate of drug-likeness (QED) is 0.871. The van der Waals surface area contributed by atoms with Crippen LogP contribution in [0.1, 0.15) is 11.3 Å². The van der Waals surface area contributed by atoms with Crippen LogP contribution in [0, 0.1) is 11.3 Å². The van der Waals surface area contributed by atoms with Gasteiger partial charge in [-0.3, -0.25) is 0 Å². The number of aliphatic hydroxyl groups is 1. The van der Waals surface area contributed by atoms with Gasteiger partial charge in [0.1, 0.15) is 11.8 Å². The molecule has 0 amide bonds. The number of aromatic nitrogens is 3. The third-order valence-corrected chi connectivity index (χ3v) is 2.97. The molecule has 7 heteroatoms. The number of halogens is 1. The molecule has 2 aromatic rings. The highest BCUT2D eigenvalue weighted by atomic mass is 79.9. The van der Waals surface area contributed by atoms with E-state index in [1.165, 1.54) is 0 Å². The van der Waals surface area contributed by atoms with Gasteiger partial charge >= 0.3 is 0 Å². The first-order valence-corrected chi connectivity index (χ1v) is 6.45. The molecule has 0 radical (unpaired) electrons. The number of nitrogens with zero attached hydrogens (tertiary/aromatic N) is 4. The molecular weight excluding hydrogens is 310 g/mol. The average Bonchev–Trinajstić information content (AvgIpc) is 2.85. The van der Waals surface area contributed by atoms with Crippen molar-refractivity contribution in [2.75, 3.05) is 11.9 Å². The van der Waals surface area contributed by atoms with E-state index in [4.69, 9.17) is 10.4 Å². The molecule has 0 spiro atoms. The zero-order chi connectivity index (χ0) is 13.7. The number of anilines is 1. The molecule has 98 valence electrons. The molecular formula is C12H12BrN5O. The molecule has 19 heavy (non-hydrogen) atoms. The van der Waals surface area contributed by atoms with Crippen LogP contribution in [0.4, 0.5) is 5.69 Å². The second-order valence-corrected chi connectivity index (χ2v) is 4.77. The molecule has 1 aromatic heterocycles. The Balaban J connectivity index is 2.05. The van der Waals surface area contributed by atoms with Gasteiger partial charge in [0.05, 0.1) is 37.1 Å². The second-order valence-electron chi connectivity index (χ2n) is 3.85. The van der Waals surface area contributed by atoms with E-state index in [0.29, 0.717) is 18.7 Å². The molecule has 6 nitrogen and oxygen atoms in total. The van der Waals surface area contributed by atoms with Gasteiger partial charge in [-0.15, -0.1) is 5.10 Å². The van der Waals surface area contributed by atoms with E-state index in [0.717, 1.165) is 15.9 Å². The van der Waals surface area contributed by atoms with Crippen LogP contribution in [-0.2, 0) is 13.1 Å². The van der Waals surface area contributed by atoms with Crippen molar-refractivity contribution in [2.45, 2.75) is 13.1 Å². The van der Waals surface area contributed by atoms with Gasteiger partial charge in [-0.2, -0.15) is 5.26 Å². The van der Waals surface area contributed by atoms with Crippen molar-refractivity contribution in [3.05, 3.63) is 40.1 Å². The standard InChI is InChI=1S/C12H12BrN5O/c13-10-2-1-9(6-14)12(5-10)15-7-11-8-18(3-4-19)17-16-11/h1-2,5,8,15,19H,3-4,7H2. The molecule has 0 aliphatic rings. The number of hydrogen-bond donors (Lipinski definition) is 2. The topological polar surface area (TPSA) is 86.8 Å². The lowest BCUT2D eigenvalue weighted by molar-refractivity contribution is 0.268. The van der Waals surface area contributed by atoms with Crippen molar-refractivity contribution < 1.29 is 5.11 Å². The van der Waals surface area contributed by atoms with Gasteiger partial charge in [-0.05, 0) is 18.2 Å². The fourth-order valence-corrected chi connectivity index (χ4v) is 1.94. The van der Waals surface area contributed by atoms with E-state index in [1.54, 1.807) is 16.9 Å². The summed E-state index contributed by atoms with van der Waals surface area (Å²) < 4.78 is 2.47. The van der Waals surface area contributed by atoms with E-state index in [9.17, 15) is 0 Å². The lowest BCUT2D eigenvalue weighted by Gasteiger charge is -2.06. The predicted molar refractivity (Wildman–Crippen MR) is 73.3 cm³/mol. The van der Waals surface area contributed by atoms with Gasteiger partial charge in [0.25, 0.3) is 0 Å². The molecule has 0 saturated carbocycles. The summed E-state index contributed by atoms with van der Waals surface area (Å²) in [5.41, 5.74) is 2.07. The van der Waals surface area contributed by atoms with Gasteiger partial charge in [0, 0.05) is 4.47 Å². The van der Waals surface area contributed by atoms with Crippen LogP contribution in [-0.4, -0.2) is 26.7 Å². The summed E-state index contributed by atoms with van der Waals surface area (Å²) in [4.78, 5) is 0. The zero-order valence-corrected chi connectivity index (χ0v) is 11.6. The van der Waals surface area contributed by atoms with Gasteiger partial charge in [-0.25, -0.2) is 4.68 Å². The van der Waals surface area contributed by atoms with Crippen molar-refractivity contribution in [3.8, 4) is 6.07 Å². The van der Waals surface area contributed by atoms with Gasteiger partial charge in [-0.1, -0.05) is 21.1 Å². The predicted octanol–water partition coefficient (Wildman–Crippen LogP) is 1.52. The summed E-state index contributed by atoms with van der Waals surface area (Å²) in [5, 5.41) is 28.8. The average molecular weight is 322 g/mol. The number of benzene rings is 1. The normalized spacial score (nSPS) is 10.2. The number of nitriles is 1. The van der Waals surface area contributed by atoms with E-state index < -0.39 is 0 Å². The van der Waals surface area contributed by atoms with Crippen LogP contribution in [0.25, 0.3) is 0 Å². The van der Waals surface area contributed by atoms with Crippen LogP contribution in [0.15, 0.2) is 28.9 Å². The molecule has 0 bridgehead atoms. The molecule has 2 rings (SSSR count). The first-order valence-electron chi connectivity index (χ1n) is 5.66. The smallest absolute Gasteiger partial charge is 0.102 e. The van der Waals surface area contributed by atoms with Crippen molar-refractivity contribution in [1.82, 2.24) is 15.0 Å². The summed E-state index contributed by atoms with van der Waals surface area (Å²) in [7, 11) is 0. The second kappa shape index (κ2) is 6.31. The Morgan fingerprint density at radius 2 is 2.32 bits per heavy atom. The third-order valence-electron chi connectivity index (χ3n) is 2.48. The highest BCUT2D eigenvalue weighted by molar-refractivity contribution is 9.10. The maximum atomic E-state index is 9.02. The van der Waals surface area contributed by atoms with Crippen molar-refractivity contribution in [1.29, 1.82) is 5.26 Å². The molecule has 0 aliphatic carbocycles. The van der Waals surface area contributed by atoms with Crippen LogP contribution in [0.5, 0.6) is 0 Å². The highest BCUT2D eigenvalue weighted by Gasteiger charge is 2.04. The largest absolute Gasteiger partial charge is 0.394 e. The minimum atomic E-state index is 0.0282. The molecule has 0 unspecified atom stereocenters. The van der Waals surface area contributed by atoms with E-state index >= 15 is 0 Å². The minimum absolute atomic E-state index is 0.0282. The fourth-order valence-electron chi connectivity index (χ4n) is 1.58. The Hall–Kier alpha value is -1.91. The molecule has 0 fully saturated rings. The molecule has 1 aromatic carbocycles. The van der Waals surface area contributed by atoms with Crippen molar-refractivity contribution in [3.63, 3.8) is 0 Å². The van der Waals surface area contributed by atoms with Crippen LogP contribution >= 0.6 is 15.9 Å². The van der Waals surface area contributed by atoms with E-state index in [-0.39, 0.29) is 6.61 Å². The summed E-state index contributed by atoms with van der Waals surface area (Å²) in [6, 6.07) is 7.54. The van der Waals surface area contributed by atoms with Gasteiger partial charge < -0.3 is 10.4 Å². The third kappa shape index (κ3) is 3.53. The first kappa shape index (κ1) is 13.5. The molecule has 2 N–H and O–H groups in total. The Morgan fingerprint density at radius 3 is 3.05 bits per heavy atom. The van der Waals surface area contributed by atoms with Crippen LogP contribution < -0.4 is 5.32 Å². The maximum Gasteiger partial charge on any atom is 0.102 e. The molecule has 0 atom stereocenters. The highest BCUT2D eigenvalue weighted by Crippen LogP contribution is 2.21. The van der Waals surface area contributed by atoms with E-state index in [2.05, 4.69) is 37.6 Å². The monoisotopic (exact) mass is 321 g/mol. The Bertz CT molecular complexity index is 604. The number of rotatable bonds is 5. The van der Waals surface area contributed by atoms with Crippen molar-refractivity contribution >= 4 is 21.6 Å². The summed E-state index contributed by atoms with van der Waals surface area (Å²) >= 11 is 3.37. The zero-order valence-electron chi connectivity index (χ0n) is 10.0. The lowest BCUT2D eigenvalue weighted by Crippen LogP contribution is -2.03. The lowest BCUT2D eigenvalue weighted by atomic mass is 10.2. The molecule has 0 aliphatic heterocycles. The Kier molecular flexibility index (Phi) is 4.49. The molecule has 1 heterocycles. The summed E-state index contributed by atoms with van der Waals surface area (Å²) in [6.07, 6.45) is 1.76. The Labute approximate surface area is 118 Å². The maximum absolute atomic E-state index is 9.02. The van der Waals surface area contributed by atoms with Crippen molar-refractivity contribution in [2.24, 2.45) is 0 Å². The number of aliphatic hydroxyl groups excluding tert-OH is 1. The Morgan fingerprint density at radius 1 is 1.47 bits per heavy atom. The minimum Gasteiger partial charge on any atom is -0.394 e. The SMILES string of the molecule is N#Cc1ccc(Br)cc1NCc1cn(CCO)nn1.